The maximum absolute atomic E-state index is 11.1. The average molecular weight is 257 g/mol. The first-order chi connectivity index (χ1) is 8.69. The molecule has 2 rings (SSSR count). The molecular weight excluding hydrogens is 234 g/mol. The van der Waals surface area contributed by atoms with Gasteiger partial charge in [-0.2, -0.15) is 0 Å². The molecule has 5 nitrogen and oxygen atoms in total. The van der Waals surface area contributed by atoms with Crippen molar-refractivity contribution < 1.29 is 19.4 Å². The number of carboxylic acids is 1. The number of hydrogen-bond acceptors (Lipinski definition) is 4. The predicted molar refractivity (Wildman–Crippen MR) is 66.6 cm³/mol. The molecule has 0 aromatic rings. The Kier molecular flexibility index (Phi) is 4.97. The lowest BCUT2D eigenvalue weighted by molar-refractivity contribution is -0.142. The Labute approximate surface area is 108 Å². The molecule has 0 aliphatic heterocycles. The molecule has 3 atom stereocenters. The molecule has 0 saturated heterocycles. The third kappa shape index (κ3) is 4.23. The van der Waals surface area contributed by atoms with Crippen molar-refractivity contribution in [1.29, 1.82) is 0 Å². The summed E-state index contributed by atoms with van der Waals surface area (Å²) in [5.74, 6) is -0.819. The van der Waals surface area contributed by atoms with E-state index in [1.165, 1.54) is 0 Å². The van der Waals surface area contributed by atoms with Gasteiger partial charge in [0, 0.05) is 13.2 Å². The van der Waals surface area contributed by atoms with Crippen LogP contribution in [0.5, 0.6) is 0 Å². The van der Waals surface area contributed by atoms with Gasteiger partial charge in [0.15, 0.2) is 0 Å². The summed E-state index contributed by atoms with van der Waals surface area (Å²) in [7, 11) is 1.72. The summed E-state index contributed by atoms with van der Waals surface area (Å²) >= 11 is 0. The van der Waals surface area contributed by atoms with Gasteiger partial charge >= 0.3 is 5.97 Å². The van der Waals surface area contributed by atoms with Crippen molar-refractivity contribution in [3.05, 3.63) is 0 Å². The van der Waals surface area contributed by atoms with Crippen molar-refractivity contribution in [2.24, 2.45) is 0 Å². The zero-order valence-corrected chi connectivity index (χ0v) is 10.9. The number of nitrogens with one attached hydrogen (secondary N) is 1. The van der Waals surface area contributed by atoms with Crippen molar-refractivity contribution >= 4 is 5.97 Å². The number of aliphatic carboxylic acids is 1. The summed E-state index contributed by atoms with van der Waals surface area (Å²) in [5.41, 5.74) is 0. The molecule has 2 aliphatic carbocycles. The van der Waals surface area contributed by atoms with E-state index in [1.54, 1.807) is 7.11 Å². The van der Waals surface area contributed by atoms with Gasteiger partial charge in [-0.3, -0.25) is 10.1 Å². The van der Waals surface area contributed by atoms with Crippen LogP contribution in [0.15, 0.2) is 0 Å². The summed E-state index contributed by atoms with van der Waals surface area (Å²) in [6.45, 7) is 0.257. The highest BCUT2D eigenvalue weighted by atomic mass is 16.5. The van der Waals surface area contributed by atoms with Crippen LogP contribution in [-0.4, -0.2) is 49.1 Å². The minimum Gasteiger partial charge on any atom is -0.480 e. The van der Waals surface area contributed by atoms with E-state index < -0.39 is 12.0 Å². The highest BCUT2D eigenvalue weighted by molar-refractivity contribution is 5.73. The van der Waals surface area contributed by atoms with Crippen LogP contribution >= 0.6 is 0 Å². The van der Waals surface area contributed by atoms with Crippen molar-refractivity contribution in [2.45, 2.75) is 62.8 Å². The first-order valence-electron chi connectivity index (χ1n) is 6.82. The molecule has 0 radical (unpaired) electrons. The highest BCUT2D eigenvalue weighted by Crippen LogP contribution is 2.24. The topological polar surface area (TPSA) is 67.8 Å². The van der Waals surface area contributed by atoms with Crippen LogP contribution in [0.3, 0.4) is 0 Å². The number of ether oxygens (including phenoxy) is 2. The first kappa shape index (κ1) is 13.8. The molecule has 2 fully saturated rings. The maximum Gasteiger partial charge on any atom is 0.323 e. The van der Waals surface area contributed by atoms with Gasteiger partial charge in [0.25, 0.3) is 0 Å². The molecule has 2 N–H and O–H groups in total. The van der Waals surface area contributed by atoms with Crippen LogP contribution in [-0.2, 0) is 14.3 Å². The SMILES string of the molecule is COC1CCCC(OCC(NC2CC2)C(=O)O)C1. The van der Waals surface area contributed by atoms with E-state index in [2.05, 4.69) is 5.32 Å². The molecule has 0 spiro atoms. The standard InChI is InChI=1S/C13H23NO4/c1-17-10-3-2-4-11(7-10)18-8-12(13(15)16)14-9-5-6-9/h9-12,14H,2-8H2,1H3,(H,15,16). The Bertz CT molecular complexity index is 280. The van der Waals surface area contributed by atoms with Gasteiger partial charge in [-0.25, -0.2) is 0 Å². The van der Waals surface area contributed by atoms with Crippen LogP contribution in [0.25, 0.3) is 0 Å². The third-order valence-corrected chi connectivity index (χ3v) is 3.72. The largest absolute Gasteiger partial charge is 0.480 e. The molecule has 0 aromatic heterocycles. The van der Waals surface area contributed by atoms with Gasteiger partial charge in [-0.05, 0) is 38.5 Å². The van der Waals surface area contributed by atoms with Gasteiger partial charge in [0.05, 0.1) is 18.8 Å². The van der Waals surface area contributed by atoms with E-state index in [0.717, 1.165) is 38.5 Å². The third-order valence-electron chi connectivity index (χ3n) is 3.72. The predicted octanol–water partition coefficient (Wildman–Crippen LogP) is 1.17. The minimum atomic E-state index is -0.819. The summed E-state index contributed by atoms with van der Waals surface area (Å²) in [4.78, 5) is 11.1. The molecule has 3 unspecified atom stereocenters. The Morgan fingerprint density at radius 3 is 2.67 bits per heavy atom. The Balaban J connectivity index is 1.72. The van der Waals surface area contributed by atoms with Crippen LogP contribution in [0.4, 0.5) is 0 Å². The van der Waals surface area contributed by atoms with Crippen molar-refractivity contribution in [3.8, 4) is 0 Å². The van der Waals surface area contributed by atoms with Crippen LogP contribution in [0, 0.1) is 0 Å². The Morgan fingerprint density at radius 1 is 1.33 bits per heavy atom. The second kappa shape index (κ2) is 6.50. The average Bonchev–Trinajstić information content (AvgIpc) is 3.18. The zero-order valence-electron chi connectivity index (χ0n) is 10.9. The monoisotopic (exact) mass is 257 g/mol. The molecule has 0 amide bonds. The number of carbonyl (C=O) groups is 1. The van der Waals surface area contributed by atoms with Gasteiger partial charge in [-0.15, -0.1) is 0 Å². The van der Waals surface area contributed by atoms with Crippen LogP contribution in [0.2, 0.25) is 0 Å². The Hall–Kier alpha value is -0.650. The lowest BCUT2D eigenvalue weighted by Crippen LogP contribution is -2.43. The summed E-state index contributed by atoms with van der Waals surface area (Å²) in [5, 5.41) is 12.2. The van der Waals surface area contributed by atoms with Gasteiger partial charge in [-0.1, -0.05) is 0 Å². The van der Waals surface area contributed by atoms with E-state index in [1.807, 2.05) is 0 Å². The molecule has 104 valence electrons. The molecular formula is C13H23NO4. The summed E-state index contributed by atoms with van der Waals surface area (Å²) < 4.78 is 11.1. The fraction of sp³-hybridized carbons (Fsp3) is 0.923. The first-order valence-corrected chi connectivity index (χ1v) is 6.82. The molecule has 0 aromatic carbocycles. The van der Waals surface area contributed by atoms with E-state index in [9.17, 15) is 4.79 Å². The molecule has 2 aliphatic rings. The lowest BCUT2D eigenvalue weighted by atomic mass is 9.95. The molecule has 18 heavy (non-hydrogen) atoms. The van der Waals surface area contributed by atoms with Crippen LogP contribution < -0.4 is 5.32 Å². The number of rotatable bonds is 7. The smallest absolute Gasteiger partial charge is 0.323 e. The van der Waals surface area contributed by atoms with Gasteiger partial charge < -0.3 is 14.6 Å². The number of hydrogen-bond donors (Lipinski definition) is 2. The molecule has 2 saturated carbocycles. The second-order valence-corrected chi connectivity index (χ2v) is 5.31. The quantitative estimate of drug-likeness (QED) is 0.716. The number of carboxylic acid groups (broad SMARTS) is 1. The maximum atomic E-state index is 11.1. The lowest BCUT2D eigenvalue weighted by Gasteiger charge is -2.29. The highest BCUT2D eigenvalue weighted by Gasteiger charge is 2.30. The van der Waals surface area contributed by atoms with E-state index in [-0.39, 0.29) is 18.8 Å². The molecule has 0 bridgehead atoms. The fourth-order valence-electron chi connectivity index (χ4n) is 2.43. The molecule has 5 heteroatoms. The summed E-state index contributed by atoms with van der Waals surface area (Å²) in [6, 6.07) is -0.187. The zero-order chi connectivity index (χ0) is 13.0. The minimum absolute atomic E-state index is 0.145. The normalized spacial score (nSPS) is 30.1. The van der Waals surface area contributed by atoms with E-state index >= 15 is 0 Å². The van der Waals surface area contributed by atoms with Gasteiger partial charge in [0.1, 0.15) is 6.04 Å². The van der Waals surface area contributed by atoms with Crippen LogP contribution in [0.1, 0.15) is 38.5 Å². The van der Waals surface area contributed by atoms with Crippen molar-refractivity contribution in [3.63, 3.8) is 0 Å². The van der Waals surface area contributed by atoms with Crippen molar-refractivity contribution in [1.82, 2.24) is 5.32 Å². The second-order valence-electron chi connectivity index (χ2n) is 5.31. The van der Waals surface area contributed by atoms with Gasteiger partial charge in [0.2, 0.25) is 0 Å². The van der Waals surface area contributed by atoms with E-state index in [4.69, 9.17) is 14.6 Å². The van der Waals surface area contributed by atoms with E-state index in [0.29, 0.717) is 6.04 Å². The Morgan fingerprint density at radius 2 is 2.06 bits per heavy atom. The number of methoxy groups -OCH3 is 1. The summed E-state index contributed by atoms with van der Waals surface area (Å²) in [6.07, 6.45) is 6.64. The fourth-order valence-corrected chi connectivity index (χ4v) is 2.43. The molecule has 0 heterocycles. The van der Waals surface area contributed by atoms with Crippen molar-refractivity contribution in [2.75, 3.05) is 13.7 Å².